The lowest BCUT2D eigenvalue weighted by Crippen LogP contribution is -2.11. The first-order valence-electron chi connectivity index (χ1n) is 4.37. The summed E-state index contributed by atoms with van der Waals surface area (Å²) in [6.45, 7) is 0. The first-order valence-corrected chi connectivity index (χ1v) is 4.37. The summed E-state index contributed by atoms with van der Waals surface area (Å²) in [6.07, 6.45) is 0. The lowest BCUT2D eigenvalue weighted by Gasteiger charge is -1.99. The molecule has 0 unspecified atom stereocenters. The average molecular weight is 206 g/mol. The normalized spacial score (nSPS) is 10.5. The summed E-state index contributed by atoms with van der Waals surface area (Å²) >= 11 is 0. The summed E-state index contributed by atoms with van der Waals surface area (Å²) in [5.41, 5.74) is 0.612. The highest BCUT2D eigenvalue weighted by atomic mass is 16.3. The molecule has 1 heterocycles. The van der Waals surface area contributed by atoms with Crippen LogP contribution in [0, 0.1) is 0 Å². The highest BCUT2D eigenvalue weighted by molar-refractivity contribution is 5.64. The molecule has 1 aromatic carbocycles. The Hall–Kier alpha value is -2.17. The molecule has 5 nitrogen and oxygen atoms in total. The number of aromatic amines is 1. The van der Waals surface area contributed by atoms with Crippen molar-refractivity contribution >= 4 is 0 Å². The highest BCUT2D eigenvalue weighted by Crippen LogP contribution is 2.26. The van der Waals surface area contributed by atoms with Gasteiger partial charge in [0.25, 0.3) is 0 Å². The Morgan fingerprint density at radius 1 is 1.20 bits per heavy atom. The minimum Gasteiger partial charge on any atom is -0.508 e. The Balaban J connectivity index is 2.59. The van der Waals surface area contributed by atoms with Gasteiger partial charge in [-0.15, -0.1) is 0 Å². The number of hydrogen-bond donors (Lipinski definition) is 3. The molecule has 0 aliphatic carbocycles. The third-order valence-electron chi connectivity index (χ3n) is 2.23. The van der Waals surface area contributed by atoms with Crippen molar-refractivity contribution in [1.29, 1.82) is 0 Å². The van der Waals surface area contributed by atoms with Crippen molar-refractivity contribution in [2.24, 2.45) is 7.05 Å². The average Bonchev–Trinajstić information content (AvgIpc) is 2.47. The Bertz CT molecular complexity index is 537. The van der Waals surface area contributed by atoms with E-state index in [-0.39, 0.29) is 17.3 Å². The van der Waals surface area contributed by atoms with Crippen LogP contribution in [-0.2, 0) is 7.05 Å². The van der Waals surface area contributed by atoms with E-state index in [1.165, 1.54) is 19.2 Å². The number of aromatic hydroxyl groups is 2. The molecule has 0 saturated heterocycles. The number of rotatable bonds is 1. The molecule has 78 valence electrons. The fraction of sp³-hybridized carbons (Fsp3) is 0.100. The second kappa shape index (κ2) is 3.20. The lowest BCUT2D eigenvalue weighted by molar-refractivity contribution is 0.431. The third kappa shape index (κ3) is 1.48. The molecule has 0 aliphatic heterocycles. The molecule has 0 amide bonds. The van der Waals surface area contributed by atoms with Crippen molar-refractivity contribution in [1.82, 2.24) is 9.55 Å². The zero-order valence-corrected chi connectivity index (χ0v) is 8.06. The number of phenolic OH excluding ortho intramolecular Hbond substituents is 1. The second-order valence-corrected chi connectivity index (χ2v) is 3.23. The molecule has 1 aromatic heterocycles. The highest BCUT2D eigenvalue weighted by Gasteiger charge is 2.11. The van der Waals surface area contributed by atoms with Crippen molar-refractivity contribution in [3.8, 4) is 22.9 Å². The SMILES string of the molecule is Cn1c(O)c(-c2ccc(O)cc2)[nH]c1=O. The number of phenols is 1. The number of nitrogens with zero attached hydrogens (tertiary/aromatic N) is 1. The summed E-state index contributed by atoms with van der Waals surface area (Å²) in [7, 11) is 1.47. The molecule has 0 saturated carbocycles. The molecule has 2 aromatic rings. The lowest BCUT2D eigenvalue weighted by atomic mass is 10.1. The molecule has 2 rings (SSSR count). The van der Waals surface area contributed by atoms with Crippen molar-refractivity contribution in [3.05, 3.63) is 34.7 Å². The Morgan fingerprint density at radius 3 is 2.27 bits per heavy atom. The largest absolute Gasteiger partial charge is 0.508 e. The maximum Gasteiger partial charge on any atom is 0.328 e. The fourth-order valence-corrected chi connectivity index (χ4v) is 1.34. The van der Waals surface area contributed by atoms with E-state index in [1.807, 2.05) is 0 Å². The van der Waals surface area contributed by atoms with Crippen LogP contribution in [0.5, 0.6) is 11.6 Å². The molecule has 0 atom stereocenters. The van der Waals surface area contributed by atoms with Crippen LogP contribution in [0.2, 0.25) is 0 Å². The van der Waals surface area contributed by atoms with Gasteiger partial charge in [0.05, 0.1) is 0 Å². The van der Waals surface area contributed by atoms with Crippen molar-refractivity contribution < 1.29 is 10.2 Å². The zero-order valence-electron chi connectivity index (χ0n) is 8.06. The van der Waals surface area contributed by atoms with Crippen LogP contribution in [0.15, 0.2) is 29.1 Å². The van der Waals surface area contributed by atoms with E-state index in [0.29, 0.717) is 11.3 Å². The van der Waals surface area contributed by atoms with Crippen molar-refractivity contribution in [3.63, 3.8) is 0 Å². The second-order valence-electron chi connectivity index (χ2n) is 3.23. The predicted octanol–water partition coefficient (Wildman–Crippen LogP) is 0.792. The molecular weight excluding hydrogens is 196 g/mol. The minimum atomic E-state index is -0.379. The Kier molecular flexibility index (Phi) is 2.00. The van der Waals surface area contributed by atoms with Gasteiger partial charge >= 0.3 is 5.69 Å². The van der Waals surface area contributed by atoms with Gasteiger partial charge in [0, 0.05) is 12.6 Å². The van der Waals surface area contributed by atoms with E-state index in [2.05, 4.69) is 4.98 Å². The summed E-state index contributed by atoms with van der Waals surface area (Å²) in [5, 5.41) is 18.7. The molecule has 3 N–H and O–H groups in total. The summed E-state index contributed by atoms with van der Waals surface area (Å²) in [4.78, 5) is 13.7. The van der Waals surface area contributed by atoms with E-state index in [4.69, 9.17) is 5.11 Å². The van der Waals surface area contributed by atoms with E-state index in [0.717, 1.165) is 4.57 Å². The van der Waals surface area contributed by atoms with Gasteiger partial charge in [-0.1, -0.05) is 0 Å². The molecule has 15 heavy (non-hydrogen) atoms. The topological polar surface area (TPSA) is 78.2 Å². The summed E-state index contributed by atoms with van der Waals surface area (Å²) in [5.74, 6) is 0.0159. The van der Waals surface area contributed by atoms with Gasteiger partial charge < -0.3 is 15.2 Å². The standard InChI is InChI=1S/C10H10N2O3/c1-12-9(14)8(11-10(12)15)6-2-4-7(13)5-3-6/h2-5,13-14H,1H3,(H,11,15). The molecular formula is C10H10N2O3. The van der Waals surface area contributed by atoms with E-state index >= 15 is 0 Å². The molecule has 0 bridgehead atoms. The Labute approximate surface area is 85.2 Å². The van der Waals surface area contributed by atoms with Crippen LogP contribution >= 0.6 is 0 Å². The molecule has 0 radical (unpaired) electrons. The summed E-state index contributed by atoms with van der Waals surface area (Å²) in [6, 6.07) is 6.20. The molecule has 0 spiro atoms. The number of imidazole rings is 1. The third-order valence-corrected chi connectivity index (χ3v) is 2.23. The van der Waals surface area contributed by atoms with Crippen LogP contribution in [0.25, 0.3) is 11.3 Å². The molecule has 0 fully saturated rings. The monoisotopic (exact) mass is 206 g/mol. The van der Waals surface area contributed by atoms with Gasteiger partial charge in [0.15, 0.2) is 0 Å². The smallest absolute Gasteiger partial charge is 0.328 e. The fourth-order valence-electron chi connectivity index (χ4n) is 1.34. The first kappa shape index (κ1) is 9.39. The number of benzene rings is 1. The van der Waals surface area contributed by atoms with Gasteiger partial charge in [-0.3, -0.25) is 4.57 Å². The van der Waals surface area contributed by atoms with Crippen LogP contribution < -0.4 is 5.69 Å². The summed E-state index contributed by atoms with van der Waals surface area (Å²) < 4.78 is 1.11. The van der Waals surface area contributed by atoms with E-state index in [9.17, 15) is 9.90 Å². The van der Waals surface area contributed by atoms with Gasteiger partial charge in [-0.05, 0) is 24.3 Å². The van der Waals surface area contributed by atoms with Crippen LogP contribution in [-0.4, -0.2) is 19.8 Å². The van der Waals surface area contributed by atoms with Crippen LogP contribution in [0.4, 0.5) is 0 Å². The predicted molar refractivity (Wildman–Crippen MR) is 54.8 cm³/mol. The van der Waals surface area contributed by atoms with Crippen LogP contribution in [0.1, 0.15) is 0 Å². The van der Waals surface area contributed by atoms with Crippen molar-refractivity contribution in [2.45, 2.75) is 0 Å². The number of hydrogen-bond acceptors (Lipinski definition) is 3. The number of H-pyrrole nitrogens is 1. The zero-order chi connectivity index (χ0) is 11.0. The molecule has 5 heteroatoms. The quantitative estimate of drug-likeness (QED) is 0.645. The van der Waals surface area contributed by atoms with Gasteiger partial charge in [0.2, 0.25) is 5.88 Å². The van der Waals surface area contributed by atoms with Gasteiger partial charge in [-0.2, -0.15) is 0 Å². The first-order chi connectivity index (χ1) is 7.09. The number of nitrogens with one attached hydrogen (secondary N) is 1. The maximum atomic E-state index is 11.2. The van der Waals surface area contributed by atoms with E-state index < -0.39 is 0 Å². The molecule has 0 aliphatic rings. The van der Waals surface area contributed by atoms with Crippen molar-refractivity contribution in [2.75, 3.05) is 0 Å². The Morgan fingerprint density at radius 2 is 1.80 bits per heavy atom. The minimum absolute atomic E-state index is 0.120. The maximum absolute atomic E-state index is 11.2. The van der Waals surface area contributed by atoms with E-state index in [1.54, 1.807) is 12.1 Å². The van der Waals surface area contributed by atoms with Crippen LogP contribution in [0.3, 0.4) is 0 Å². The van der Waals surface area contributed by atoms with Gasteiger partial charge in [-0.25, -0.2) is 4.79 Å². The van der Waals surface area contributed by atoms with Gasteiger partial charge in [0.1, 0.15) is 11.4 Å². The number of aromatic nitrogens is 2.